The standard InChI is InChI=1S/C13H24N2O/c1-2-3-9-15(11-5-6-11)12(16)13(10-14)7-4-8-13/h11H,2-10,14H2,1H3. The van der Waals surface area contributed by atoms with Crippen LogP contribution in [0.2, 0.25) is 0 Å². The van der Waals surface area contributed by atoms with Crippen LogP contribution in [0.1, 0.15) is 51.9 Å². The third-order valence-electron chi connectivity index (χ3n) is 4.16. The summed E-state index contributed by atoms with van der Waals surface area (Å²) in [6, 6.07) is 0.545. The molecular weight excluding hydrogens is 200 g/mol. The molecule has 0 aliphatic heterocycles. The summed E-state index contributed by atoms with van der Waals surface area (Å²) in [6.07, 6.45) is 7.89. The van der Waals surface area contributed by atoms with Gasteiger partial charge in [-0.25, -0.2) is 0 Å². The van der Waals surface area contributed by atoms with Gasteiger partial charge in [0.1, 0.15) is 0 Å². The van der Waals surface area contributed by atoms with Crippen molar-refractivity contribution in [2.24, 2.45) is 11.1 Å². The molecule has 1 amide bonds. The summed E-state index contributed by atoms with van der Waals surface area (Å²) in [6.45, 7) is 3.67. The average molecular weight is 224 g/mol. The van der Waals surface area contributed by atoms with E-state index in [1.807, 2.05) is 0 Å². The predicted octanol–water partition coefficient (Wildman–Crippen LogP) is 1.91. The van der Waals surface area contributed by atoms with Gasteiger partial charge in [-0.3, -0.25) is 4.79 Å². The molecular formula is C13H24N2O. The zero-order valence-corrected chi connectivity index (χ0v) is 10.4. The molecule has 2 aliphatic carbocycles. The van der Waals surface area contributed by atoms with Gasteiger partial charge in [-0.1, -0.05) is 19.8 Å². The highest BCUT2D eigenvalue weighted by Crippen LogP contribution is 2.43. The third-order valence-corrected chi connectivity index (χ3v) is 4.16. The van der Waals surface area contributed by atoms with Crippen LogP contribution in [0.15, 0.2) is 0 Å². The van der Waals surface area contributed by atoms with Gasteiger partial charge in [0.2, 0.25) is 5.91 Å². The van der Waals surface area contributed by atoms with Gasteiger partial charge in [0, 0.05) is 19.1 Å². The maximum absolute atomic E-state index is 12.5. The number of amides is 1. The monoisotopic (exact) mass is 224 g/mol. The Labute approximate surface area is 98.4 Å². The first-order chi connectivity index (χ1) is 7.73. The average Bonchev–Trinajstić information content (AvgIpc) is 3.02. The van der Waals surface area contributed by atoms with Crippen LogP contribution in [0.25, 0.3) is 0 Å². The highest BCUT2D eigenvalue weighted by molar-refractivity contribution is 5.84. The van der Waals surface area contributed by atoms with E-state index in [1.54, 1.807) is 0 Å². The molecule has 0 bridgehead atoms. The van der Waals surface area contributed by atoms with Gasteiger partial charge in [-0.05, 0) is 32.1 Å². The summed E-state index contributed by atoms with van der Waals surface area (Å²) in [5.74, 6) is 0.359. The third kappa shape index (κ3) is 2.10. The fourth-order valence-electron chi connectivity index (χ4n) is 2.58. The number of hydrogen-bond acceptors (Lipinski definition) is 2. The van der Waals surface area contributed by atoms with E-state index in [-0.39, 0.29) is 5.41 Å². The summed E-state index contributed by atoms with van der Waals surface area (Å²) in [7, 11) is 0. The Morgan fingerprint density at radius 3 is 2.50 bits per heavy atom. The molecule has 0 heterocycles. The number of carbonyl (C=O) groups is 1. The van der Waals surface area contributed by atoms with Crippen molar-refractivity contribution in [3.63, 3.8) is 0 Å². The lowest BCUT2D eigenvalue weighted by Crippen LogP contribution is -2.52. The van der Waals surface area contributed by atoms with Crippen LogP contribution in [0.5, 0.6) is 0 Å². The molecule has 0 aromatic carbocycles. The summed E-state index contributed by atoms with van der Waals surface area (Å²) < 4.78 is 0. The first-order valence-electron chi connectivity index (χ1n) is 6.74. The Balaban J connectivity index is 1.98. The van der Waals surface area contributed by atoms with Crippen molar-refractivity contribution in [2.45, 2.75) is 57.9 Å². The molecule has 0 saturated heterocycles. The molecule has 0 atom stereocenters. The normalized spacial score (nSPS) is 22.6. The highest BCUT2D eigenvalue weighted by Gasteiger charge is 2.47. The first kappa shape index (κ1) is 11.9. The van der Waals surface area contributed by atoms with Crippen LogP contribution in [-0.2, 0) is 4.79 Å². The molecule has 0 aromatic rings. The Hall–Kier alpha value is -0.570. The Morgan fingerprint density at radius 2 is 2.12 bits per heavy atom. The van der Waals surface area contributed by atoms with Crippen molar-refractivity contribution in [3.05, 3.63) is 0 Å². The number of rotatable bonds is 6. The van der Waals surface area contributed by atoms with Crippen LogP contribution in [0, 0.1) is 5.41 Å². The second-order valence-electron chi connectivity index (χ2n) is 5.42. The molecule has 3 heteroatoms. The molecule has 0 radical (unpaired) electrons. The zero-order chi connectivity index (χ0) is 11.6. The molecule has 2 rings (SSSR count). The summed E-state index contributed by atoms with van der Waals surface area (Å²) in [4.78, 5) is 14.6. The van der Waals surface area contributed by atoms with Crippen molar-refractivity contribution in [1.29, 1.82) is 0 Å². The van der Waals surface area contributed by atoms with Gasteiger partial charge < -0.3 is 10.6 Å². The van der Waals surface area contributed by atoms with E-state index in [9.17, 15) is 4.79 Å². The van der Waals surface area contributed by atoms with E-state index >= 15 is 0 Å². The molecule has 3 nitrogen and oxygen atoms in total. The zero-order valence-electron chi connectivity index (χ0n) is 10.4. The maximum Gasteiger partial charge on any atom is 0.230 e. The van der Waals surface area contributed by atoms with Crippen LogP contribution in [-0.4, -0.2) is 29.9 Å². The van der Waals surface area contributed by atoms with Gasteiger partial charge in [0.25, 0.3) is 0 Å². The summed E-state index contributed by atoms with van der Waals surface area (Å²) >= 11 is 0. The molecule has 0 aromatic heterocycles. The van der Waals surface area contributed by atoms with Crippen molar-refractivity contribution in [1.82, 2.24) is 4.90 Å². The minimum absolute atomic E-state index is 0.170. The van der Waals surface area contributed by atoms with Crippen LogP contribution >= 0.6 is 0 Å². The van der Waals surface area contributed by atoms with Crippen molar-refractivity contribution >= 4 is 5.91 Å². The number of unbranched alkanes of at least 4 members (excludes halogenated alkanes) is 1. The second-order valence-corrected chi connectivity index (χ2v) is 5.42. The van der Waals surface area contributed by atoms with Crippen molar-refractivity contribution in [2.75, 3.05) is 13.1 Å². The number of carbonyl (C=O) groups excluding carboxylic acids is 1. The minimum Gasteiger partial charge on any atom is -0.339 e. The first-order valence-corrected chi connectivity index (χ1v) is 6.74. The fraction of sp³-hybridized carbons (Fsp3) is 0.923. The number of hydrogen-bond donors (Lipinski definition) is 1. The van der Waals surface area contributed by atoms with Gasteiger partial charge >= 0.3 is 0 Å². The van der Waals surface area contributed by atoms with Gasteiger partial charge in [-0.2, -0.15) is 0 Å². The second kappa shape index (κ2) is 4.74. The topological polar surface area (TPSA) is 46.3 Å². The van der Waals surface area contributed by atoms with E-state index in [0.717, 1.165) is 32.2 Å². The fourth-order valence-corrected chi connectivity index (χ4v) is 2.58. The predicted molar refractivity (Wildman–Crippen MR) is 65.0 cm³/mol. The maximum atomic E-state index is 12.5. The molecule has 0 spiro atoms. The highest BCUT2D eigenvalue weighted by atomic mass is 16.2. The molecule has 2 aliphatic rings. The molecule has 2 saturated carbocycles. The van der Waals surface area contributed by atoms with E-state index in [1.165, 1.54) is 19.3 Å². The van der Waals surface area contributed by atoms with E-state index in [4.69, 9.17) is 5.73 Å². The molecule has 2 fully saturated rings. The number of nitrogens with two attached hydrogens (primary N) is 1. The molecule has 2 N–H and O–H groups in total. The summed E-state index contributed by atoms with van der Waals surface area (Å²) in [5, 5.41) is 0. The Kier molecular flexibility index (Phi) is 3.53. The van der Waals surface area contributed by atoms with Gasteiger partial charge in [-0.15, -0.1) is 0 Å². The van der Waals surface area contributed by atoms with E-state index < -0.39 is 0 Å². The largest absolute Gasteiger partial charge is 0.339 e. The smallest absolute Gasteiger partial charge is 0.230 e. The number of nitrogens with zero attached hydrogens (tertiary/aromatic N) is 1. The molecule has 92 valence electrons. The lowest BCUT2D eigenvalue weighted by Gasteiger charge is -2.43. The van der Waals surface area contributed by atoms with Crippen molar-refractivity contribution < 1.29 is 4.79 Å². The molecule has 16 heavy (non-hydrogen) atoms. The molecule has 0 unspecified atom stereocenters. The van der Waals surface area contributed by atoms with E-state index in [2.05, 4.69) is 11.8 Å². The van der Waals surface area contributed by atoms with Crippen LogP contribution in [0.4, 0.5) is 0 Å². The summed E-state index contributed by atoms with van der Waals surface area (Å²) in [5.41, 5.74) is 5.64. The lowest BCUT2D eigenvalue weighted by molar-refractivity contribution is -0.147. The van der Waals surface area contributed by atoms with Crippen molar-refractivity contribution in [3.8, 4) is 0 Å². The lowest BCUT2D eigenvalue weighted by atomic mass is 9.67. The minimum atomic E-state index is -0.170. The van der Waals surface area contributed by atoms with Crippen LogP contribution in [0.3, 0.4) is 0 Å². The van der Waals surface area contributed by atoms with Gasteiger partial charge in [0.05, 0.1) is 5.41 Å². The Bertz CT molecular complexity index is 251. The quantitative estimate of drug-likeness (QED) is 0.749. The van der Waals surface area contributed by atoms with E-state index in [0.29, 0.717) is 18.5 Å². The van der Waals surface area contributed by atoms with Crippen LogP contribution < -0.4 is 5.73 Å². The SMILES string of the molecule is CCCCN(C(=O)C1(CN)CCC1)C1CC1. The van der Waals surface area contributed by atoms with Gasteiger partial charge in [0.15, 0.2) is 0 Å². The Morgan fingerprint density at radius 1 is 1.44 bits per heavy atom.